The molecule has 2 aromatic heterocycles. The molecule has 0 saturated carbocycles. The molecular weight excluding hydrogens is 707 g/mol. The average molecular weight is 752 g/mol. The van der Waals surface area contributed by atoms with Gasteiger partial charge >= 0.3 is 0 Å². The zero-order valence-electron chi connectivity index (χ0n) is 33.9. The minimum atomic E-state index is -0.169. The lowest BCUT2D eigenvalue weighted by Crippen LogP contribution is -2.45. The van der Waals surface area contributed by atoms with Crippen LogP contribution >= 0.6 is 0 Å². The van der Waals surface area contributed by atoms with E-state index in [0.717, 1.165) is 83.9 Å². The topological polar surface area (TPSA) is 41.6 Å². The standard InChI is InChI=1S/C53H44BN2O2/c1-51(2)24-25-52(3,4)38-26-30(22-23-35(38)51)55-40-27-33-31-14-7-11-20-43(31)57-45(33)28-34(40)48-47-32-15-8-12-21-44(32)58-46(47)29-42-49(48)54-39-18-13-17-37-50(39)56(42)41-19-10-9-16-36(41)53(37,5)6/h7-23,26-29,55H,24-25H2,1-6H3. The fourth-order valence-electron chi connectivity index (χ4n) is 10.7. The second-order valence-electron chi connectivity index (χ2n) is 18.7. The summed E-state index contributed by atoms with van der Waals surface area (Å²) in [5.41, 5.74) is 19.3. The summed E-state index contributed by atoms with van der Waals surface area (Å²) in [6.07, 6.45) is 2.34. The maximum atomic E-state index is 6.85. The van der Waals surface area contributed by atoms with Crippen LogP contribution in [-0.4, -0.2) is 7.28 Å². The summed E-state index contributed by atoms with van der Waals surface area (Å²) >= 11 is 0. The molecule has 58 heavy (non-hydrogen) atoms. The van der Waals surface area contributed by atoms with Gasteiger partial charge in [-0.1, -0.05) is 126 Å². The Labute approximate surface area is 339 Å². The maximum Gasteiger partial charge on any atom is 0.197 e. The van der Waals surface area contributed by atoms with Gasteiger partial charge in [0, 0.05) is 61.3 Å². The first-order valence-corrected chi connectivity index (χ1v) is 20.7. The highest BCUT2D eigenvalue weighted by atomic mass is 16.3. The maximum absolute atomic E-state index is 6.85. The van der Waals surface area contributed by atoms with E-state index in [2.05, 4.69) is 180 Å². The fraction of sp³-hybridized carbons (Fsp3) is 0.208. The molecule has 12 rings (SSSR count). The quantitative estimate of drug-likeness (QED) is 0.183. The van der Waals surface area contributed by atoms with Gasteiger partial charge in [-0.25, -0.2) is 0 Å². The van der Waals surface area contributed by atoms with Crippen LogP contribution in [0.4, 0.5) is 28.4 Å². The van der Waals surface area contributed by atoms with Crippen LogP contribution in [0.3, 0.4) is 0 Å². The fourth-order valence-corrected chi connectivity index (χ4v) is 10.7. The Kier molecular flexibility index (Phi) is 6.71. The summed E-state index contributed by atoms with van der Waals surface area (Å²) in [5, 5.41) is 8.42. The Bertz CT molecular complexity index is 3230. The van der Waals surface area contributed by atoms with E-state index in [1.807, 2.05) is 6.07 Å². The smallest absolute Gasteiger partial charge is 0.197 e. The van der Waals surface area contributed by atoms with Gasteiger partial charge in [-0.05, 0) is 99.4 Å². The van der Waals surface area contributed by atoms with Crippen LogP contribution < -0.4 is 21.1 Å². The molecule has 0 unspecified atom stereocenters. The van der Waals surface area contributed by atoms with Crippen molar-refractivity contribution in [3.8, 4) is 11.1 Å². The van der Waals surface area contributed by atoms with Gasteiger partial charge in [0.05, 0.1) is 5.69 Å². The summed E-state index contributed by atoms with van der Waals surface area (Å²) in [4.78, 5) is 2.50. The van der Waals surface area contributed by atoms with Crippen LogP contribution in [0.1, 0.15) is 76.6 Å². The van der Waals surface area contributed by atoms with E-state index in [0.29, 0.717) is 0 Å². The van der Waals surface area contributed by atoms with Gasteiger partial charge in [0.2, 0.25) is 0 Å². The molecule has 4 nitrogen and oxygen atoms in total. The molecule has 1 N–H and O–H groups in total. The Balaban J connectivity index is 1.18. The molecule has 9 aromatic rings. The third-order valence-corrected chi connectivity index (χ3v) is 13.9. The zero-order chi connectivity index (χ0) is 39.3. The highest BCUT2D eigenvalue weighted by molar-refractivity contribution is 6.74. The summed E-state index contributed by atoms with van der Waals surface area (Å²) in [5.74, 6) is 0. The van der Waals surface area contributed by atoms with Crippen molar-refractivity contribution < 1.29 is 8.83 Å². The van der Waals surface area contributed by atoms with Crippen molar-refractivity contribution in [2.24, 2.45) is 0 Å². The third kappa shape index (κ3) is 4.59. The van der Waals surface area contributed by atoms with E-state index >= 15 is 0 Å². The molecule has 0 bridgehead atoms. The van der Waals surface area contributed by atoms with Crippen LogP contribution in [0.5, 0.6) is 0 Å². The summed E-state index contributed by atoms with van der Waals surface area (Å²) < 4.78 is 13.5. The number of fused-ring (bicyclic) bond motifs is 11. The molecule has 0 spiro atoms. The SMILES string of the molecule is CC1(C)CCC(C)(C)c2cc(Nc3cc4c(cc3-c3c5c(cc6oc7ccccc7c36)N3c6ccccc6C(C)(C)c6cccc(c63)[B]5)oc3ccccc34)ccc21. The molecule has 0 fully saturated rings. The molecule has 1 aliphatic carbocycles. The van der Waals surface area contributed by atoms with E-state index in [1.165, 1.54) is 45.5 Å². The van der Waals surface area contributed by atoms with Gasteiger partial charge in [-0.3, -0.25) is 0 Å². The average Bonchev–Trinajstić information content (AvgIpc) is 3.78. The van der Waals surface area contributed by atoms with Crippen LogP contribution in [-0.2, 0) is 16.2 Å². The second-order valence-corrected chi connectivity index (χ2v) is 18.7. The number of hydrogen-bond acceptors (Lipinski definition) is 4. The largest absolute Gasteiger partial charge is 0.456 e. The van der Waals surface area contributed by atoms with Crippen LogP contribution in [0.25, 0.3) is 55.0 Å². The van der Waals surface area contributed by atoms with Crippen molar-refractivity contribution in [3.05, 3.63) is 150 Å². The first-order valence-electron chi connectivity index (χ1n) is 20.7. The molecule has 1 radical (unpaired) electrons. The van der Waals surface area contributed by atoms with Crippen LogP contribution in [0.15, 0.2) is 136 Å². The monoisotopic (exact) mass is 751 g/mol. The lowest BCUT2D eigenvalue weighted by Gasteiger charge is -2.46. The lowest BCUT2D eigenvalue weighted by molar-refractivity contribution is 0.332. The number of furan rings is 2. The molecule has 281 valence electrons. The number of rotatable bonds is 3. The minimum Gasteiger partial charge on any atom is -0.456 e. The van der Waals surface area contributed by atoms with E-state index in [9.17, 15) is 0 Å². The van der Waals surface area contributed by atoms with Crippen molar-refractivity contribution in [3.63, 3.8) is 0 Å². The van der Waals surface area contributed by atoms with Crippen molar-refractivity contribution in [1.82, 2.24) is 0 Å². The lowest BCUT2D eigenvalue weighted by atomic mass is 9.55. The number of nitrogens with zero attached hydrogens (tertiary/aromatic N) is 1. The van der Waals surface area contributed by atoms with E-state index < -0.39 is 0 Å². The highest BCUT2D eigenvalue weighted by Gasteiger charge is 2.42. The Morgan fingerprint density at radius 1 is 0.552 bits per heavy atom. The summed E-state index contributed by atoms with van der Waals surface area (Å²) in [6.45, 7) is 14.3. The molecular formula is C53H44BN2O2. The molecule has 0 atom stereocenters. The summed E-state index contributed by atoms with van der Waals surface area (Å²) in [7, 11) is 2.42. The molecule has 2 aliphatic heterocycles. The number of benzene rings is 7. The van der Waals surface area contributed by atoms with Gasteiger partial charge in [-0.2, -0.15) is 0 Å². The first-order chi connectivity index (χ1) is 28.0. The second kappa shape index (κ2) is 11.5. The van der Waals surface area contributed by atoms with Gasteiger partial charge in [-0.15, -0.1) is 0 Å². The van der Waals surface area contributed by atoms with Gasteiger partial charge in [0.25, 0.3) is 0 Å². The van der Waals surface area contributed by atoms with Gasteiger partial charge < -0.3 is 19.1 Å². The van der Waals surface area contributed by atoms with Crippen molar-refractivity contribution in [1.29, 1.82) is 0 Å². The molecule has 5 heteroatoms. The Hall–Kier alpha value is -6.20. The highest BCUT2D eigenvalue weighted by Crippen LogP contribution is 2.54. The summed E-state index contributed by atoms with van der Waals surface area (Å²) in [6, 6.07) is 46.5. The minimum absolute atomic E-state index is 0.0803. The van der Waals surface area contributed by atoms with Crippen LogP contribution in [0, 0.1) is 0 Å². The van der Waals surface area contributed by atoms with E-state index in [-0.39, 0.29) is 16.2 Å². The molecule has 3 aliphatic rings. The molecule has 0 amide bonds. The van der Waals surface area contributed by atoms with Crippen molar-refractivity contribution in [2.75, 3.05) is 10.2 Å². The predicted octanol–water partition coefficient (Wildman–Crippen LogP) is 13.3. The molecule has 7 aromatic carbocycles. The Morgan fingerprint density at radius 2 is 1.24 bits per heavy atom. The number of hydrogen-bond donors (Lipinski definition) is 1. The van der Waals surface area contributed by atoms with Gasteiger partial charge in [0.1, 0.15) is 22.3 Å². The van der Waals surface area contributed by atoms with Gasteiger partial charge in [0.15, 0.2) is 7.28 Å². The van der Waals surface area contributed by atoms with Crippen molar-refractivity contribution in [2.45, 2.75) is 70.6 Å². The van der Waals surface area contributed by atoms with E-state index in [4.69, 9.17) is 8.83 Å². The zero-order valence-corrected chi connectivity index (χ0v) is 33.9. The Morgan fingerprint density at radius 3 is 2.07 bits per heavy atom. The number of para-hydroxylation sites is 4. The van der Waals surface area contributed by atoms with Crippen LogP contribution in [0.2, 0.25) is 0 Å². The number of anilines is 5. The number of nitrogens with one attached hydrogen (secondary N) is 1. The van der Waals surface area contributed by atoms with Crippen molar-refractivity contribution >= 4 is 90.5 Å². The molecule has 4 heterocycles. The molecule has 0 saturated heterocycles. The predicted molar refractivity (Wildman–Crippen MR) is 243 cm³/mol. The first kappa shape index (κ1) is 33.9. The third-order valence-electron chi connectivity index (χ3n) is 13.9. The van der Waals surface area contributed by atoms with E-state index in [1.54, 1.807) is 0 Å². The normalized spacial score (nSPS) is 16.8.